The number of rotatable bonds is 7. The zero-order chi connectivity index (χ0) is 25.9. The summed E-state index contributed by atoms with van der Waals surface area (Å²) in [6, 6.07) is 17.5. The second kappa shape index (κ2) is 11.0. The molecule has 5 rings (SSSR count). The van der Waals surface area contributed by atoms with E-state index in [1.165, 1.54) is 11.3 Å². The van der Waals surface area contributed by atoms with Gasteiger partial charge in [-0.25, -0.2) is 0 Å². The van der Waals surface area contributed by atoms with Crippen molar-refractivity contribution in [2.24, 2.45) is 5.73 Å². The minimum absolute atomic E-state index is 0.0345. The maximum atomic E-state index is 13.3. The van der Waals surface area contributed by atoms with E-state index < -0.39 is 5.92 Å². The summed E-state index contributed by atoms with van der Waals surface area (Å²) in [5, 5.41) is 20.2. The molecule has 1 atom stereocenters. The summed E-state index contributed by atoms with van der Waals surface area (Å²) in [6.45, 7) is 2.48. The number of nitrogens with zero attached hydrogens (tertiary/aromatic N) is 4. The van der Waals surface area contributed by atoms with Gasteiger partial charge < -0.3 is 10.5 Å². The average molecular weight is 550 g/mol. The summed E-state index contributed by atoms with van der Waals surface area (Å²) >= 11 is 8.94. The van der Waals surface area contributed by atoms with Crippen LogP contribution in [0.5, 0.6) is 5.75 Å². The third-order valence-electron chi connectivity index (χ3n) is 6.30. The van der Waals surface area contributed by atoms with E-state index in [0.717, 1.165) is 33.3 Å². The molecule has 0 unspecified atom stereocenters. The van der Waals surface area contributed by atoms with Crippen LogP contribution < -0.4 is 15.4 Å². The van der Waals surface area contributed by atoms with Gasteiger partial charge in [-0.1, -0.05) is 59.0 Å². The molecule has 2 N–H and O–H groups in total. The number of nitriles is 1. The number of allylic oxidation sites excluding steroid dienone is 3. The minimum Gasteiger partial charge on any atom is -0.494 e. The molecule has 0 fully saturated rings. The number of hydrogen-bond donors (Lipinski definition) is 1. The van der Waals surface area contributed by atoms with Gasteiger partial charge in [0.2, 0.25) is 5.13 Å². The standard InChI is InChI=1S/C27H24ClN5O2S2/c1-2-35-19-12-8-17(9-13-19)23-20(14-29)25(30)33(21-4-3-5-22(34)24(21)23)26-31-32-27(37-26)36-15-16-6-10-18(28)11-7-16/h6-13,23H,2-5,15,30H2,1H3/t23-/m1/s1. The van der Waals surface area contributed by atoms with Crippen molar-refractivity contribution >= 4 is 45.6 Å². The summed E-state index contributed by atoms with van der Waals surface area (Å²) in [6.07, 6.45) is 1.83. The van der Waals surface area contributed by atoms with Gasteiger partial charge in [0.15, 0.2) is 10.1 Å². The Morgan fingerprint density at radius 1 is 1.19 bits per heavy atom. The topological polar surface area (TPSA) is 105 Å². The molecule has 10 heteroatoms. The number of ketones is 1. The Morgan fingerprint density at radius 3 is 2.65 bits per heavy atom. The van der Waals surface area contributed by atoms with Gasteiger partial charge in [-0.15, -0.1) is 10.2 Å². The smallest absolute Gasteiger partial charge is 0.219 e. The lowest BCUT2D eigenvalue weighted by Crippen LogP contribution is -2.38. The Hall–Kier alpha value is -3.32. The second-order valence-electron chi connectivity index (χ2n) is 8.58. The van der Waals surface area contributed by atoms with Crippen LogP contribution in [0, 0.1) is 11.3 Å². The first-order valence-electron chi connectivity index (χ1n) is 11.9. The predicted molar refractivity (Wildman–Crippen MR) is 146 cm³/mol. The monoisotopic (exact) mass is 549 g/mol. The zero-order valence-electron chi connectivity index (χ0n) is 20.1. The highest BCUT2D eigenvalue weighted by molar-refractivity contribution is 8.00. The predicted octanol–water partition coefficient (Wildman–Crippen LogP) is 6.19. The Kier molecular flexibility index (Phi) is 7.51. The van der Waals surface area contributed by atoms with Crippen LogP contribution in [0.1, 0.15) is 43.2 Å². The normalized spacial score (nSPS) is 17.6. The molecule has 1 aliphatic carbocycles. The van der Waals surface area contributed by atoms with Gasteiger partial charge >= 0.3 is 0 Å². The largest absolute Gasteiger partial charge is 0.494 e. The highest BCUT2D eigenvalue weighted by Crippen LogP contribution is 2.47. The molecule has 0 saturated heterocycles. The average Bonchev–Trinajstić information content (AvgIpc) is 3.37. The van der Waals surface area contributed by atoms with Crippen molar-refractivity contribution in [2.45, 2.75) is 42.2 Å². The SMILES string of the molecule is CCOc1ccc([C@@H]2C(C#N)=C(N)N(c3nnc(SCc4ccc(Cl)cc4)s3)C3=C2C(=O)CCC3)cc1. The van der Waals surface area contributed by atoms with Gasteiger partial charge in [-0.2, -0.15) is 5.26 Å². The molecular formula is C27H24ClN5O2S2. The van der Waals surface area contributed by atoms with E-state index in [4.69, 9.17) is 22.1 Å². The van der Waals surface area contributed by atoms with E-state index >= 15 is 0 Å². The fourth-order valence-corrected chi connectivity index (χ4v) is 6.60. The highest BCUT2D eigenvalue weighted by atomic mass is 35.5. The number of benzene rings is 2. The lowest BCUT2D eigenvalue weighted by atomic mass is 9.76. The van der Waals surface area contributed by atoms with Crippen LogP contribution in [0.25, 0.3) is 0 Å². The highest BCUT2D eigenvalue weighted by Gasteiger charge is 2.41. The number of carbonyl (C=O) groups excluding carboxylic acids is 1. The van der Waals surface area contributed by atoms with Gasteiger partial charge in [0, 0.05) is 28.5 Å². The summed E-state index contributed by atoms with van der Waals surface area (Å²) in [7, 11) is 0. The Labute approximate surface area is 228 Å². The summed E-state index contributed by atoms with van der Waals surface area (Å²) in [5.41, 5.74) is 10.4. The van der Waals surface area contributed by atoms with E-state index in [1.807, 2.05) is 55.5 Å². The van der Waals surface area contributed by atoms with Crippen molar-refractivity contribution in [1.82, 2.24) is 10.2 Å². The van der Waals surface area contributed by atoms with E-state index in [-0.39, 0.29) is 5.78 Å². The van der Waals surface area contributed by atoms with Crippen molar-refractivity contribution in [2.75, 3.05) is 11.5 Å². The first-order chi connectivity index (χ1) is 18.0. The summed E-state index contributed by atoms with van der Waals surface area (Å²) in [5.74, 6) is 1.26. The fraction of sp³-hybridized carbons (Fsp3) is 0.259. The zero-order valence-corrected chi connectivity index (χ0v) is 22.5. The number of halogens is 1. The van der Waals surface area contributed by atoms with Crippen molar-refractivity contribution in [3.05, 3.63) is 87.3 Å². The summed E-state index contributed by atoms with van der Waals surface area (Å²) < 4.78 is 6.34. The van der Waals surface area contributed by atoms with Crippen LogP contribution in [-0.4, -0.2) is 22.6 Å². The number of anilines is 1. The molecule has 0 bridgehead atoms. The molecule has 37 heavy (non-hydrogen) atoms. The molecule has 0 amide bonds. The van der Waals surface area contributed by atoms with E-state index in [9.17, 15) is 10.1 Å². The molecule has 0 radical (unpaired) electrons. The molecule has 0 spiro atoms. The molecule has 1 aliphatic heterocycles. The van der Waals surface area contributed by atoms with Crippen LogP contribution in [-0.2, 0) is 10.5 Å². The lowest BCUT2D eigenvalue weighted by molar-refractivity contribution is -0.116. The van der Waals surface area contributed by atoms with E-state index in [2.05, 4.69) is 16.3 Å². The molecule has 0 saturated carbocycles. The molecule has 1 aromatic heterocycles. The third-order valence-corrected chi connectivity index (χ3v) is 8.67. The van der Waals surface area contributed by atoms with E-state index in [1.54, 1.807) is 16.7 Å². The van der Waals surface area contributed by atoms with Gasteiger partial charge in [-0.05, 0) is 55.2 Å². The second-order valence-corrected chi connectivity index (χ2v) is 11.2. The van der Waals surface area contributed by atoms with Crippen LogP contribution in [0.2, 0.25) is 5.02 Å². The van der Waals surface area contributed by atoms with Crippen LogP contribution in [0.15, 0.2) is 75.5 Å². The molecular weight excluding hydrogens is 526 g/mol. The van der Waals surface area contributed by atoms with Crippen molar-refractivity contribution in [3.63, 3.8) is 0 Å². The van der Waals surface area contributed by atoms with Gasteiger partial charge in [0.25, 0.3) is 0 Å². The quantitative estimate of drug-likeness (QED) is 0.348. The van der Waals surface area contributed by atoms with Crippen LogP contribution >= 0.6 is 34.7 Å². The number of ether oxygens (including phenoxy) is 1. The fourth-order valence-electron chi connectivity index (χ4n) is 4.64. The molecule has 2 aliphatic rings. The maximum absolute atomic E-state index is 13.3. The molecule has 3 aromatic rings. The lowest BCUT2D eigenvalue weighted by Gasteiger charge is -2.38. The van der Waals surface area contributed by atoms with E-state index in [0.29, 0.717) is 52.3 Å². The van der Waals surface area contributed by atoms with Gasteiger partial charge in [0.1, 0.15) is 11.6 Å². The van der Waals surface area contributed by atoms with Crippen molar-refractivity contribution in [1.29, 1.82) is 5.26 Å². The maximum Gasteiger partial charge on any atom is 0.219 e. The number of thioether (sulfide) groups is 1. The third kappa shape index (κ3) is 5.10. The molecule has 2 heterocycles. The Morgan fingerprint density at radius 2 is 1.95 bits per heavy atom. The number of aromatic nitrogens is 2. The number of carbonyl (C=O) groups is 1. The van der Waals surface area contributed by atoms with Crippen LogP contribution in [0.4, 0.5) is 5.13 Å². The van der Waals surface area contributed by atoms with Gasteiger partial charge in [0.05, 0.1) is 24.2 Å². The summed E-state index contributed by atoms with van der Waals surface area (Å²) in [4.78, 5) is 15.1. The van der Waals surface area contributed by atoms with Gasteiger partial charge in [-0.3, -0.25) is 9.69 Å². The molecule has 2 aromatic carbocycles. The number of Topliss-reactive ketones (excluding diaryl/α,β-unsaturated/α-hetero) is 1. The molecule has 7 nitrogen and oxygen atoms in total. The molecule has 188 valence electrons. The first kappa shape index (κ1) is 25.3. The van der Waals surface area contributed by atoms with Crippen LogP contribution in [0.3, 0.4) is 0 Å². The Bertz CT molecular complexity index is 1420. The van der Waals surface area contributed by atoms with Crippen molar-refractivity contribution in [3.8, 4) is 11.8 Å². The first-order valence-corrected chi connectivity index (χ1v) is 14.1. The van der Waals surface area contributed by atoms with Crippen molar-refractivity contribution < 1.29 is 9.53 Å². The number of nitrogens with two attached hydrogens (primary N) is 1. The Balaban J connectivity index is 1.49. The number of hydrogen-bond acceptors (Lipinski definition) is 9. The minimum atomic E-state index is -0.522.